The predicted molar refractivity (Wildman–Crippen MR) is 92.9 cm³/mol. The molecule has 0 aromatic carbocycles. The van der Waals surface area contributed by atoms with Crippen molar-refractivity contribution in [3.8, 4) is 0 Å². The molecule has 1 amide bonds. The average molecular weight is 348 g/mol. The number of hydrogen-bond donors (Lipinski definition) is 1. The SMILES string of the molecule is CC(C)CN(CC(N)=O)Cc1nnc2n(C)c(=O)c3sccc3n12. The van der Waals surface area contributed by atoms with Gasteiger partial charge in [-0.05, 0) is 17.4 Å². The van der Waals surface area contributed by atoms with Gasteiger partial charge in [0.15, 0.2) is 5.82 Å². The van der Waals surface area contributed by atoms with Crippen molar-refractivity contribution in [3.63, 3.8) is 0 Å². The Balaban J connectivity index is 2.09. The van der Waals surface area contributed by atoms with Crippen LogP contribution in [-0.2, 0) is 18.4 Å². The molecule has 0 spiro atoms. The third-order valence-corrected chi connectivity index (χ3v) is 4.66. The molecule has 0 atom stereocenters. The van der Waals surface area contributed by atoms with E-state index in [-0.39, 0.29) is 18.0 Å². The fraction of sp³-hybridized carbons (Fsp3) is 0.467. The highest BCUT2D eigenvalue weighted by Crippen LogP contribution is 2.20. The van der Waals surface area contributed by atoms with Crippen LogP contribution in [0.4, 0.5) is 0 Å². The molecule has 0 saturated carbocycles. The Hall–Kier alpha value is -2.26. The van der Waals surface area contributed by atoms with E-state index in [4.69, 9.17) is 5.73 Å². The number of rotatable bonds is 6. The van der Waals surface area contributed by atoms with Gasteiger partial charge in [-0.3, -0.25) is 23.5 Å². The summed E-state index contributed by atoms with van der Waals surface area (Å²) in [7, 11) is 1.69. The molecule has 3 rings (SSSR count). The number of carbonyl (C=O) groups is 1. The second-order valence-electron chi connectivity index (χ2n) is 6.28. The fourth-order valence-electron chi connectivity index (χ4n) is 2.88. The molecule has 0 aliphatic carbocycles. The largest absolute Gasteiger partial charge is 0.369 e. The minimum atomic E-state index is -0.377. The monoisotopic (exact) mass is 348 g/mol. The molecule has 3 heterocycles. The number of thiophene rings is 1. The van der Waals surface area contributed by atoms with Crippen LogP contribution in [0, 0.1) is 5.92 Å². The Morgan fingerprint density at radius 2 is 2.17 bits per heavy atom. The highest BCUT2D eigenvalue weighted by Gasteiger charge is 2.19. The fourth-order valence-corrected chi connectivity index (χ4v) is 3.73. The zero-order valence-corrected chi connectivity index (χ0v) is 14.7. The van der Waals surface area contributed by atoms with Crippen LogP contribution in [0.25, 0.3) is 16.0 Å². The average Bonchev–Trinajstić information content (AvgIpc) is 3.09. The molecule has 3 aromatic rings. The molecule has 0 bridgehead atoms. The molecule has 8 nitrogen and oxygen atoms in total. The molecule has 9 heteroatoms. The lowest BCUT2D eigenvalue weighted by atomic mass is 10.2. The molecule has 2 N–H and O–H groups in total. The topological polar surface area (TPSA) is 98.5 Å². The number of aryl methyl sites for hydroxylation is 1. The van der Waals surface area contributed by atoms with Crippen LogP contribution in [-0.4, -0.2) is 43.1 Å². The van der Waals surface area contributed by atoms with Gasteiger partial charge in [-0.15, -0.1) is 21.5 Å². The van der Waals surface area contributed by atoms with E-state index >= 15 is 0 Å². The lowest BCUT2D eigenvalue weighted by Gasteiger charge is -2.21. The number of nitrogens with zero attached hydrogens (tertiary/aromatic N) is 5. The number of hydrogen-bond acceptors (Lipinski definition) is 6. The summed E-state index contributed by atoms with van der Waals surface area (Å²) in [5, 5.41) is 10.3. The Morgan fingerprint density at radius 1 is 1.42 bits per heavy atom. The van der Waals surface area contributed by atoms with Crippen LogP contribution >= 0.6 is 11.3 Å². The number of nitrogens with two attached hydrogens (primary N) is 1. The first-order valence-electron chi connectivity index (χ1n) is 7.69. The van der Waals surface area contributed by atoms with Crippen molar-refractivity contribution in [2.24, 2.45) is 18.7 Å². The van der Waals surface area contributed by atoms with Crippen molar-refractivity contribution < 1.29 is 4.79 Å². The van der Waals surface area contributed by atoms with E-state index in [1.807, 2.05) is 20.7 Å². The van der Waals surface area contributed by atoms with E-state index in [1.54, 1.807) is 7.05 Å². The summed E-state index contributed by atoms with van der Waals surface area (Å²) in [6.07, 6.45) is 0. The summed E-state index contributed by atoms with van der Waals surface area (Å²) in [5.74, 6) is 1.18. The molecule has 24 heavy (non-hydrogen) atoms. The Labute approximate surface area is 142 Å². The molecule has 0 radical (unpaired) electrons. The van der Waals surface area contributed by atoms with Gasteiger partial charge in [-0.1, -0.05) is 13.8 Å². The van der Waals surface area contributed by atoms with Crippen molar-refractivity contribution in [1.82, 2.24) is 24.1 Å². The number of amides is 1. The quantitative estimate of drug-likeness (QED) is 0.703. The molecule has 0 unspecified atom stereocenters. The Bertz CT molecular complexity index is 954. The standard InChI is InChI=1S/C15H20N6O2S/c1-9(2)6-20(7-11(16)22)8-12-17-18-15-19(3)14(23)13-10(21(12)15)4-5-24-13/h4-5,9H,6-8H2,1-3H3,(H2,16,22). The summed E-state index contributed by atoms with van der Waals surface area (Å²) in [6, 6.07) is 1.89. The number of primary amides is 1. The normalized spacial score (nSPS) is 12.0. The number of aromatic nitrogens is 4. The van der Waals surface area contributed by atoms with Gasteiger partial charge in [0, 0.05) is 13.6 Å². The maximum absolute atomic E-state index is 12.3. The van der Waals surface area contributed by atoms with E-state index in [9.17, 15) is 9.59 Å². The van der Waals surface area contributed by atoms with Gasteiger partial charge in [0.05, 0.1) is 18.6 Å². The summed E-state index contributed by atoms with van der Waals surface area (Å²) in [5.41, 5.74) is 6.07. The van der Waals surface area contributed by atoms with Gasteiger partial charge in [0.2, 0.25) is 11.7 Å². The summed E-state index contributed by atoms with van der Waals surface area (Å²) >= 11 is 1.40. The Kier molecular flexibility index (Phi) is 4.37. The maximum Gasteiger partial charge on any atom is 0.272 e. The van der Waals surface area contributed by atoms with Crippen molar-refractivity contribution in [1.29, 1.82) is 0 Å². The molecule has 3 aromatic heterocycles. The summed E-state index contributed by atoms with van der Waals surface area (Å²) in [4.78, 5) is 25.6. The van der Waals surface area contributed by atoms with Crippen LogP contribution < -0.4 is 11.3 Å². The van der Waals surface area contributed by atoms with E-state index in [0.717, 1.165) is 12.1 Å². The van der Waals surface area contributed by atoms with Crippen molar-refractivity contribution in [2.45, 2.75) is 20.4 Å². The van der Waals surface area contributed by atoms with Crippen LogP contribution in [0.15, 0.2) is 16.2 Å². The first-order chi connectivity index (χ1) is 11.4. The van der Waals surface area contributed by atoms with Gasteiger partial charge in [0.25, 0.3) is 5.56 Å². The van der Waals surface area contributed by atoms with Gasteiger partial charge >= 0.3 is 0 Å². The van der Waals surface area contributed by atoms with Gasteiger partial charge in [0.1, 0.15) is 4.70 Å². The van der Waals surface area contributed by atoms with E-state index in [1.165, 1.54) is 15.9 Å². The highest BCUT2D eigenvalue weighted by molar-refractivity contribution is 7.17. The minimum absolute atomic E-state index is 0.0809. The third-order valence-electron chi connectivity index (χ3n) is 3.77. The van der Waals surface area contributed by atoms with Crippen molar-refractivity contribution in [3.05, 3.63) is 27.6 Å². The summed E-state index contributed by atoms with van der Waals surface area (Å²) in [6.45, 7) is 5.47. The predicted octanol–water partition coefficient (Wildman–Crippen LogP) is 0.586. The maximum atomic E-state index is 12.3. The van der Waals surface area contributed by atoms with Crippen molar-refractivity contribution >= 4 is 33.2 Å². The second kappa shape index (κ2) is 6.33. The zero-order chi connectivity index (χ0) is 17.4. The molecule has 128 valence electrons. The second-order valence-corrected chi connectivity index (χ2v) is 7.20. The molecule has 0 aliphatic heterocycles. The molecule has 0 fully saturated rings. The molecular formula is C15H20N6O2S. The zero-order valence-electron chi connectivity index (χ0n) is 13.9. The first-order valence-corrected chi connectivity index (χ1v) is 8.57. The van der Waals surface area contributed by atoms with E-state index in [2.05, 4.69) is 24.0 Å². The lowest BCUT2D eigenvalue weighted by molar-refractivity contribution is -0.119. The summed E-state index contributed by atoms with van der Waals surface area (Å²) < 4.78 is 4.04. The number of fused-ring (bicyclic) bond motifs is 3. The molecular weight excluding hydrogens is 328 g/mol. The van der Waals surface area contributed by atoms with Crippen LogP contribution in [0.3, 0.4) is 0 Å². The van der Waals surface area contributed by atoms with Gasteiger partial charge in [-0.25, -0.2) is 0 Å². The minimum Gasteiger partial charge on any atom is -0.369 e. The molecule has 0 aliphatic rings. The molecule has 0 saturated heterocycles. The van der Waals surface area contributed by atoms with Gasteiger partial charge in [-0.2, -0.15) is 0 Å². The number of carbonyl (C=O) groups excluding carboxylic acids is 1. The Morgan fingerprint density at radius 3 is 2.83 bits per heavy atom. The van der Waals surface area contributed by atoms with Crippen LogP contribution in [0.2, 0.25) is 0 Å². The smallest absolute Gasteiger partial charge is 0.272 e. The van der Waals surface area contributed by atoms with E-state index in [0.29, 0.717) is 28.8 Å². The van der Waals surface area contributed by atoms with Crippen LogP contribution in [0.5, 0.6) is 0 Å². The van der Waals surface area contributed by atoms with Crippen molar-refractivity contribution in [2.75, 3.05) is 13.1 Å². The van der Waals surface area contributed by atoms with E-state index < -0.39 is 0 Å². The highest BCUT2D eigenvalue weighted by atomic mass is 32.1. The lowest BCUT2D eigenvalue weighted by Crippen LogP contribution is -2.36. The first kappa shape index (κ1) is 16.6. The van der Waals surface area contributed by atoms with Gasteiger partial charge < -0.3 is 5.73 Å². The third kappa shape index (κ3) is 2.92. The van der Waals surface area contributed by atoms with Crippen LogP contribution in [0.1, 0.15) is 19.7 Å².